The van der Waals surface area contributed by atoms with Crippen molar-refractivity contribution in [3.8, 4) is 0 Å². The number of carbonyl (C=O) groups excluding carboxylic acids is 3. The highest BCUT2D eigenvalue weighted by molar-refractivity contribution is 6.35. The number of Topliss-reactive ketones (excluding diaryl/α,β-unsaturated/α-hetero) is 1. The Balaban J connectivity index is 1.62. The van der Waals surface area contributed by atoms with E-state index in [9.17, 15) is 24.3 Å². The van der Waals surface area contributed by atoms with Crippen LogP contribution >= 0.6 is 23.2 Å². The van der Waals surface area contributed by atoms with Gasteiger partial charge in [0.1, 0.15) is 22.1 Å². The van der Waals surface area contributed by atoms with Crippen molar-refractivity contribution in [2.75, 3.05) is 5.32 Å². The Morgan fingerprint density at radius 2 is 1.74 bits per heavy atom. The number of benzene rings is 1. The van der Waals surface area contributed by atoms with E-state index in [-0.39, 0.29) is 39.9 Å². The predicted molar refractivity (Wildman–Crippen MR) is 128 cm³/mol. The molecule has 0 spiro atoms. The molecule has 0 bridgehead atoms. The second-order valence-electron chi connectivity index (χ2n) is 9.00. The zero-order valence-corrected chi connectivity index (χ0v) is 20.4. The third-order valence-electron chi connectivity index (χ3n) is 6.40. The number of hydrogen-bond acceptors (Lipinski definition) is 5. The van der Waals surface area contributed by atoms with Gasteiger partial charge in [-0.05, 0) is 48.6 Å². The van der Waals surface area contributed by atoms with Crippen LogP contribution in [0.25, 0.3) is 0 Å². The second-order valence-corrected chi connectivity index (χ2v) is 9.75. The molecule has 1 aromatic carbocycles. The fourth-order valence-electron chi connectivity index (χ4n) is 4.27. The van der Waals surface area contributed by atoms with Gasteiger partial charge in [-0.3, -0.25) is 14.4 Å². The molecule has 1 saturated carbocycles. The van der Waals surface area contributed by atoms with Gasteiger partial charge in [-0.25, -0.2) is 9.78 Å². The number of aromatic nitrogens is 1. The third-order valence-corrected chi connectivity index (χ3v) is 6.90. The quantitative estimate of drug-likeness (QED) is 0.465. The van der Waals surface area contributed by atoms with Crippen LogP contribution in [-0.4, -0.2) is 39.7 Å². The first-order valence-corrected chi connectivity index (χ1v) is 11.4. The number of carboxylic acids is 1. The molecule has 8 nitrogen and oxygen atoms in total. The highest BCUT2D eigenvalue weighted by Gasteiger charge is 2.53. The summed E-state index contributed by atoms with van der Waals surface area (Å²) in [6.45, 7) is 5.21. The number of carboxylic acid groups (broad SMARTS) is 1. The molecule has 0 saturated heterocycles. The summed E-state index contributed by atoms with van der Waals surface area (Å²) in [5.41, 5.74) is 0.782. The Morgan fingerprint density at radius 3 is 2.26 bits per heavy atom. The van der Waals surface area contributed by atoms with Crippen molar-refractivity contribution in [1.29, 1.82) is 0 Å². The van der Waals surface area contributed by atoms with Crippen LogP contribution in [0.2, 0.25) is 10.3 Å². The van der Waals surface area contributed by atoms with E-state index in [1.54, 1.807) is 24.3 Å². The average Bonchev–Trinajstić information content (AvgIpc) is 2.73. The van der Waals surface area contributed by atoms with Gasteiger partial charge in [-0.15, -0.1) is 0 Å². The molecule has 1 heterocycles. The molecule has 10 heteroatoms. The molecular weight excluding hydrogens is 481 g/mol. The van der Waals surface area contributed by atoms with Crippen molar-refractivity contribution in [3.05, 3.63) is 57.8 Å². The Labute approximate surface area is 207 Å². The molecule has 2 amide bonds. The summed E-state index contributed by atoms with van der Waals surface area (Å²) in [6.07, 6.45) is 0.480. The highest BCUT2D eigenvalue weighted by Crippen LogP contribution is 2.51. The maximum atomic E-state index is 12.7. The normalized spacial score (nSPS) is 19.4. The van der Waals surface area contributed by atoms with Crippen molar-refractivity contribution in [2.45, 2.75) is 39.7 Å². The minimum absolute atomic E-state index is 0.0223. The summed E-state index contributed by atoms with van der Waals surface area (Å²) in [5, 5.41) is 15.1. The molecule has 34 heavy (non-hydrogen) atoms. The molecule has 0 unspecified atom stereocenters. The fraction of sp³-hybridized carbons (Fsp3) is 0.375. The van der Waals surface area contributed by atoms with Crippen molar-refractivity contribution < 1.29 is 24.3 Å². The number of nitrogens with zero attached hydrogens (tertiary/aromatic N) is 1. The largest absolute Gasteiger partial charge is 0.480 e. The van der Waals surface area contributed by atoms with Crippen LogP contribution in [0.4, 0.5) is 5.69 Å². The van der Waals surface area contributed by atoms with Gasteiger partial charge in [0.25, 0.3) is 5.91 Å². The lowest BCUT2D eigenvalue weighted by Gasteiger charge is -2.50. The predicted octanol–water partition coefficient (Wildman–Crippen LogP) is 4.00. The first-order valence-electron chi connectivity index (χ1n) is 10.7. The molecule has 3 rings (SSSR count). The van der Waals surface area contributed by atoms with Crippen molar-refractivity contribution in [2.24, 2.45) is 17.3 Å². The summed E-state index contributed by atoms with van der Waals surface area (Å²) in [5.74, 6) is -2.58. The number of hydrogen-bond donors (Lipinski definition) is 3. The van der Waals surface area contributed by atoms with Crippen LogP contribution in [-0.2, 0) is 20.8 Å². The maximum absolute atomic E-state index is 12.7. The van der Waals surface area contributed by atoms with Gasteiger partial charge in [0.2, 0.25) is 5.91 Å². The van der Waals surface area contributed by atoms with Gasteiger partial charge in [0, 0.05) is 23.9 Å². The number of pyridine rings is 1. The Hall–Kier alpha value is -2.97. The molecule has 0 radical (unpaired) electrons. The lowest BCUT2D eigenvalue weighted by Crippen LogP contribution is -2.57. The number of amides is 2. The van der Waals surface area contributed by atoms with E-state index >= 15 is 0 Å². The van der Waals surface area contributed by atoms with Gasteiger partial charge in [-0.2, -0.15) is 0 Å². The van der Waals surface area contributed by atoms with Crippen molar-refractivity contribution >= 4 is 52.5 Å². The minimum Gasteiger partial charge on any atom is -0.480 e. The molecule has 1 aliphatic carbocycles. The first-order chi connectivity index (χ1) is 15.9. The Morgan fingerprint density at radius 1 is 1.09 bits per heavy atom. The number of halogens is 2. The van der Waals surface area contributed by atoms with Crippen LogP contribution in [0.3, 0.4) is 0 Å². The summed E-state index contributed by atoms with van der Waals surface area (Å²) in [7, 11) is 0. The summed E-state index contributed by atoms with van der Waals surface area (Å²) in [6, 6.07) is 8.37. The molecule has 1 fully saturated rings. The minimum atomic E-state index is -1.16. The van der Waals surface area contributed by atoms with E-state index in [1.807, 2.05) is 13.8 Å². The molecule has 1 aromatic heterocycles. The lowest BCUT2D eigenvalue weighted by atomic mass is 9.53. The van der Waals surface area contributed by atoms with Gasteiger partial charge in [0.15, 0.2) is 0 Å². The number of carbonyl (C=O) groups is 4. The summed E-state index contributed by atoms with van der Waals surface area (Å²) >= 11 is 11.7. The molecular formula is C24H25Cl2N3O5. The first kappa shape index (κ1) is 25.6. The number of aliphatic carboxylic acids is 1. The Kier molecular flexibility index (Phi) is 7.63. The van der Waals surface area contributed by atoms with E-state index in [0.29, 0.717) is 17.7 Å². The topological polar surface area (TPSA) is 125 Å². The van der Waals surface area contributed by atoms with E-state index in [2.05, 4.69) is 15.6 Å². The summed E-state index contributed by atoms with van der Waals surface area (Å²) in [4.78, 5) is 52.4. The average molecular weight is 506 g/mol. The monoisotopic (exact) mass is 505 g/mol. The van der Waals surface area contributed by atoms with E-state index < -0.39 is 29.3 Å². The van der Waals surface area contributed by atoms with Gasteiger partial charge in [-0.1, -0.05) is 49.2 Å². The zero-order valence-electron chi connectivity index (χ0n) is 18.9. The van der Waals surface area contributed by atoms with E-state index in [0.717, 1.165) is 0 Å². The molecule has 0 aliphatic heterocycles. The van der Waals surface area contributed by atoms with Crippen LogP contribution in [0, 0.1) is 17.3 Å². The number of ketones is 1. The van der Waals surface area contributed by atoms with Crippen LogP contribution in [0.15, 0.2) is 36.4 Å². The van der Waals surface area contributed by atoms with Crippen LogP contribution in [0.1, 0.15) is 43.1 Å². The molecule has 3 N–H and O–H groups in total. The fourth-order valence-corrected chi connectivity index (χ4v) is 4.70. The number of anilines is 1. The lowest BCUT2D eigenvalue weighted by molar-refractivity contribution is -0.152. The van der Waals surface area contributed by atoms with Gasteiger partial charge < -0.3 is 15.7 Å². The summed E-state index contributed by atoms with van der Waals surface area (Å²) < 4.78 is 0. The smallest absolute Gasteiger partial charge is 0.326 e. The van der Waals surface area contributed by atoms with Gasteiger partial charge >= 0.3 is 5.97 Å². The third kappa shape index (κ3) is 5.56. The standard InChI is InChI=1S/C24H25Cl2N3O5/c1-12(30)16-11-17(24(16,2)3)22(32)28-18(23(33)34)10-13-4-6-14(7-5-13)27-21(31)15-8-9-19(25)29-20(15)26/h4-9,16-18H,10-11H2,1-3H3,(H,27,31)(H,28,32)(H,33,34)/t16-,17+,18-/m0/s1. The van der Waals surface area contributed by atoms with Gasteiger partial charge in [0.05, 0.1) is 5.56 Å². The van der Waals surface area contributed by atoms with Crippen molar-refractivity contribution in [1.82, 2.24) is 10.3 Å². The number of nitrogens with one attached hydrogen (secondary N) is 2. The van der Waals surface area contributed by atoms with E-state index in [4.69, 9.17) is 23.2 Å². The zero-order chi connectivity index (χ0) is 25.2. The second kappa shape index (κ2) is 10.1. The van der Waals surface area contributed by atoms with Crippen LogP contribution in [0.5, 0.6) is 0 Å². The Bertz CT molecular complexity index is 1130. The highest BCUT2D eigenvalue weighted by atomic mass is 35.5. The van der Waals surface area contributed by atoms with Crippen LogP contribution < -0.4 is 10.6 Å². The molecule has 1 aliphatic rings. The number of rotatable bonds is 8. The molecule has 3 atom stereocenters. The molecule has 2 aromatic rings. The molecule has 180 valence electrons. The maximum Gasteiger partial charge on any atom is 0.326 e. The van der Waals surface area contributed by atoms with E-state index in [1.165, 1.54) is 19.1 Å². The SMILES string of the molecule is CC(=O)[C@@H]1C[C@H](C(=O)N[C@@H](Cc2ccc(NC(=O)c3ccc(Cl)nc3Cl)cc2)C(=O)O)C1(C)C. The van der Waals surface area contributed by atoms with Crippen molar-refractivity contribution in [3.63, 3.8) is 0 Å².